The van der Waals surface area contributed by atoms with E-state index in [0.717, 1.165) is 33.5 Å². The van der Waals surface area contributed by atoms with Crippen LogP contribution in [-0.4, -0.2) is 41.0 Å². The van der Waals surface area contributed by atoms with Crippen LogP contribution in [0, 0.1) is 0 Å². The minimum Gasteiger partial charge on any atom is -0.335 e. The molecule has 6 rings (SSSR count). The Kier molecular flexibility index (Phi) is 5.27. The first-order valence-electron chi connectivity index (χ1n) is 11.2. The Labute approximate surface area is 203 Å². The van der Waals surface area contributed by atoms with Crippen LogP contribution in [0.25, 0.3) is 55.4 Å². The van der Waals surface area contributed by atoms with E-state index < -0.39 is 0 Å². The number of nitrogens with zero attached hydrogens (tertiary/aromatic N) is 5. The highest BCUT2D eigenvalue weighted by Gasteiger charge is 2.17. The first-order chi connectivity index (χ1) is 17.2. The van der Waals surface area contributed by atoms with Gasteiger partial charge in [0.1, 0.15) is 5.52 Å². The Bertz CT molecular complexity index is 1670. The highest BCUT2D eigenvalue weighted by Crippen LogP contribution is 2.33. The molecule has 0 bridgehead atoms. The standard InChI is InChI=1S/C25H20N8OS/c1-2-4-20(34)28-15-11-14(12-26-13-15)17-6-7-18-22(29-17)23(33-32-18)25-30-21-16(19-5-3-10-35-19)8-9-27-24(21)31-25/h3,5-13H,2,4H2,1H3,(H,28,34)(H,32,33)(H,27,30,31). The van der Waals surface area contributed by atoms with E-state index in [0.29, 0.717) is 40.5 Å². The van der Waals surface area contributed by atoms with Crippen molar-refractivity contribution in [3.8, 4) is 33.2 Å². The third-order valence-corrected chi connectivity index (χ3v) is 6.51. The molecular formula is C25H20N8OS. The van der Waals surface area contributed by atoms with Crippen molar-refractivity contribution in [2.45, 2.75) is 19.8 Å². The van der Waals surface area contributed by atoms with Gasteiger partial charge in [-0.15, -0.1) is 11.3 Å². The zero-order valence-corrected chi connectivity index (χ0v) is 19.6. The minimum absolute atomic E-state index is 0.0348. The third-order valence-electron chi connectivity index (χ3n) is 5.61. The summed E-state index contributed by atoms with van der Waals surface area (Å²) in [6.45, 7) is 1.97. The maximum atomic E-state index is 12.0. The fourth-order valence-electron chi connectivity index (χ4n) is 3.98. The van der Waals surface area contributed by atoms with Gasteiger partial charge in [0.05, 0.1) is 28.6 Å². The summed E-state index contributed by atoms with van der Waals surface area (Å²) >= 11 is 1.67. The molecule has 0 fully saturated rings. The van der Waals surface area contributed by atoms with Crippen molar-refractivity contribution in [1.82, 2.24) is 35.1 Å². The zero-order chi connectivity index (χ0) is 23.8. The Morgan fingerprint density at radius 1 is 1.14 bits per heavy atom. The predicted octanol–water partition coefficient (Wildman–Crippen LogP) is 5.43. The maximum Gasteiger partial charge on any atom is 0.224 e. The van der Waals surface area contributed by atoms with E-state index in [9.17, 15) is 4.79 Å². The monoisotopic (exact) mass is 480 g/mol. The number of anilines is 1. The predicted molar refractivity (Wildman–Crippen MR) is 137 cm³/mol. The SMILES string of the molecule is CCCC(=O)Nc1cncc(-c2ccc3[nH]nc(-c4nc5nccc(-c6cccs6)c5[nH]4)c3n2)c1. The second kappa shape index (κ2) is 8.73. The quantitative estimate of drug-likeness (QED) is 0.292. The van der Waals surface area contributed by atoms with Gasteiger partial charge in [-0.25, -0.2) is 15.0 Å². The number of aromatic amines is 2. The maximum absolute atomic E-state index is 12.0. The fraction of sp³-hybridized carbons (Fsp3) is 0.120. The van der Waals surface area contributed by atoms with Gasteiger partial charge in [-0.2, -0.15) is 5.10 Å². The van der Waals surface area contributed by atoms with Crippen molar-refractivity contribution in [2.24, 2.45) is 0 Å². The highest BCUT2D eigenvalue weighted by molar-refractivity contribution is 7.13. The molecule has 6 aromatic heterocycles. The number of H-pyrrole nitrogens is 2. The molecule has 0 saturated carbocycles. The van der Waals surface area contributed by atoms with Gasteiger partial charge in [-0.3, -0.25) is 14.9 Å². The number of aromatic nitrogens is 7. The Hall–Kier alpha value is -4.44. The molecule has 0 aliphatic rings. The molecule has 35 heavy (non-hydrogen) atoms. The first-order valence-corrected chi connectivity index (χ1v) is 12.1. The number of rotatable bonds is 6. The van der Waals surface area contributed by atoms with Gasteiger partial charge >= 0.3 is 0 Å². The summed E-state index contributed by atoms with van der Waals surface area (Å²) < 4.78 is 0. The van der Waals surface area contributed by atoms with Crippen LogP contribution < -0.4 is 5.32 Å². The van der Waals surface area contributed by atoms with E-state index in [1.807, 2.05) is 42.6 Å². The van der Waals surface area contributed by atoms with Crippen molar-refractivity contribution >= 4 is 45.1 Å². The molecule has 0 saturated heterocycles. The van der Waals surface area contributed by atoms with E-state index >= 15 is 0 Å². The molecule has 6 aromatic rings. The lowest BCUT2D eigenvalue weighted by Crippen LogP contribution is -2.10. The summed E-state index contributed by atoms with van der Waals surface area (Å²) in [6.07, 6.45) is 6.37. The number of carbonyl (C=O) groups is 1. The van der Waals surface area contributed by atoms with Crippen LogP contribution in [0.15, 0.2) is 60.4 Å². The summed E-state index contributed by atoms with van der Waals surface area (Å²) in [7, 11) is 0. The van der Waals surface area contributed by atoms with Gasteiger partial charge in [-0.05, 0) is 42.1 Å². The highest BCUT2D eigenvalue weighted by atomic mass is 32.1. The first kappa shape index (κ1) is 21.1. The number of pyridine rings is 3. The largest absolute Gasteiger partial charge is 0.335 e. The minimum atomic E-state index is -0.0348. The Morgan fingerprint density at radius 3 is 2.94 bits per heavy atom. The van der Waals surface area contributed by atoms with Gasteiger partial charge in [0.25, 0.3) is 0 Å². The van der Waals surface area contributed by atoms with Crippen LogP contribution in [0.3, 0.4) is 0 Å². The number of nitrogens with one attached hydrogen (secondary N) is 3. The number of hydrogen-bond acceptors (Lipinski definition) is 7. The molecule has 10 heteroatoms. The van der Waals surface area contributed by atoms with Crippen molar-refractivity contribution in [2.75, 3.05) is 5.32 Å². The molecule has 0 aliphatic carbocycles. The lowest BCUT2D eigenvalue weighted by Gasteiger charge is -2.06. The summed E-state index contributed by atoms with van der Waals surface area (Å²) in [5.41, 5.74) is 6.75. The van der Waals surface area contributed by atoms with Crippen molar-refractivity contribution in [3.05, 3.63) is 60.4 Å². The van der Waals surface area contributed by atoms with Gasteiger partial charge in [0.15, 0.2) is 17.2 Å². The van der Waals surface area contributed by atoms with E-state index in [1.165, 1.54) is 0 Å². The molecular weight excluding hydrogens is 460 g/mol. The zero-order valence-electron chi connectivity index (χ0n) is 18.7. The van der Waals surface area contributed by atoms with Crippen LogP contribution >= 0.6 is 11.3 Å². The molecule has 0 aliphatic heterocycles. The number of carbonyl (C=O) groups excluding carboxylic acids is 1. The van der Waals surface area contributed by atoms with Crippen LogP contribution in [-0.2, 0) is 4.79 Å². The van der Waals surface area contributed by atoms with Crippen LogP contribution in [0.5, 0.6) is 0 Å². The van der Waals surface area contributed by atoms with E-state index in [1.54, 1.807) is 29.9 Å². The van der Waals surface area contributed by atoms with Crippen LogP contribution in [0.4, 0.5) is 5.69 Å². The lowest BCUT2D eigenvalue weighted by molar-refractivity contribution is -0.116. The van der Waals surface area contributed by atoms with Crippen molar-refractivity contribution in [1.29, 1.82) is 0 Å². The number of imidazole rings is 1. The topological polar surface area (TPSA) is 125 Å². The number of amides is 1. The number of fused-ring (bicyclic) bond motifs is 2. The second-order valence-electron chi connectivity index (χ2n) is 8.05. The Balaban J connectivity index is 1.40. The van der Waals surface area contributed by atoms with E-state index in [-0.39, 0.29) is 5.91 Å². The molecule has 172 valence electrons. The average molecular weight is 481 g/mol. The molecule has 0 aromatic carbocycles. The van der Waals surface area contributed by atoms with Crippen LogP contribution in [0.1, 0.15) is 19.8 Å². The molecule has 0 radical (unpaired) electrons. The summed E-state index contributed by atoms with van der Waals surface area (Å²) in [6, 6.07) is 11.8. The third kappa shape index (κ3) is 3.93. The molecule has 9 nitrogen and oxygen atoms in total. The molecule has 0 unspecified atom stereocenters. The average Bonchev–Trinajstić information content (AvgIpc) is 3.63. The fourth-order valence-corrected chi connectivity index (χ4v) is 4.74. The van der Waals surface area contributed by atoms with Crippen molar-refractivity contribution in [3.63, 3.8) is 0 Å². The molecule has 0 spiro atoms. The van der Waals surface area contributed by atoms with E-state index in [2.05, 4.69) is 36.5 Å². The summed E-state index contributed by atoms with van der Waals surface area (Å²) in [5.74, 6) is 0.554. The second-order valence-corrected chi connectivity index (χ2v) is 8.99. The molecule has 0 atom stereocenters. The van der Waals surface area contributed by atoms with Crippen LogP contribution in [0.2, 0.25) is 0 Å². The van der Waals surface area contributed by atoms with Gasteiger partial charge < -0.3 is 10.3 Å². The lowest BCUT2D eigenvalue weighted by atomic mass is 10.1. The number of hydrogen-bond donors (Lipinski definition) is 3. The van der Waals surface area contributed by atoms with Gasteiger partial charge in [0, 0.05) is 34.8 Å². The number of thiophene rings is 1. The summed E-state index contributed by atoms with van der Waals surface area (Å²) in [5, 5.41) is 12.5. The Morgan fingerprint density at radius 2 is 2.09 bits per heavy atom. The molecule has 1 amide bonds. The summed E-state index contributed by atoms with van der Waals surface area (Å²) in [4.78, 5) is 34.8. The molecule has 6 heterocycles. The van der Waals surface area contributed by atoms with Gasteiger partial charge in [-0.1, -0.05) is 13.0 Å². The van der Waals surface area contributed by atoms with E-state index in [4.69, 9.17) is 9.97 Å². The molecule has 3 N–H and O–H groups in total. The van der Waals surface area contributed by atoms with Crippen molar-refractivity contribution < 1.29 is 4.79 Å². The van der Waals surface area contributed by atoms with Gasteiger partial charge in [0.2, 0.25) is 5.91 Å². The smallest absolute Gasteiger partial charge is 0.224 e. The normalized spacial score (nSPS) is 11.3.